The van der Waals surface area contributed by atoms with Crippen LogP contribution in [0.5, 0.6) is 11.5 Å². The molecule has 0 saturated carbocycles. The molecule has 2 aromatic rings. The fraction of sp³-hybridized carbons (Fsp3) is 0.214. The molecule has 1 aromatic heterocycles. The quantitative estimate of drug-likeness (QED) is 0.813. The molecule has 0 amide bonds. The number of hydrogen-bond donors (Lipinski definition) is 1. The zero-order valence-electron chi connectivity index (χ0n) is 11.6. The first kappa shape index (κ1) is 14.6. The Balaban J connectivity index is 2.18. The lowest BCUT2D eigenvalue weighted by molar-refractivity contribution is -0.131. The van der Waals surface area contributed by atoms with Gasteiger partial charge in [0.1, 0.15) is 11.5 Å². The van der Waals surface area contributed by atoms with Crippen molar-refractivity contribution in [1.82, 2.24) is 10.2 Å². The van der Waals surface area contributed by atoms with E-state index in [9.17, 15) is 4.79 Å². The molecule has 0 aliphatic heterocycles. The number of carboxylic acids is 1. The molecule has 1 aromatic carbocycles. The lowest BCUT2D eigenvalue weighted by Crippen LogP contribution is -1.98. The van der Waals surface area contributed by atoms with Gasteiger partial charge in [-0.25, -0.2) is 4.79 Å². The standard InChI is InChI=1S/C14H14N2O5/c1-9-15-16-13(21-9)8-20-12-5-4-11(19-2)7-10(12)3-6-14(17)18/h3-7H,8H2,1-2H3,(H,17,18)/b6-3+. The first-order valence-corrected chi connectivity index (χ1v) is 6.09. The van der Waals surface area contributed by atoms with Crippen LogP contribution in [0, 0.1) is 6.92 Å². The van der Waals surface area contributed by atoms with E-state index in [-0.39, 0.29) is 6.61 Å². The van der Waals surface area contributed by atoms with Crippen molar-refractivity contribution >= 4 is 12.0 Å². The number of ether oxygens (including phenoxy) is 2. The van der Waals surface area contributed by atoms with Gasteiger partial charge in [-0.15, -0.1) is 10.2 Å². The summed E-state index contributed by atoms with van der Waals surface area (Å²) in [5, 5.41) is 16.2. The number of rotatable bonds is 6. The SMILES string of the molecule is COc1ccc(OCc2nnc(C)o2)c(/C=C/C(=O)O)c1. The van der Waals surface area contributed by atoms with Crippen molar-refractivity contribution in [1.29, 1.82) is 0 Å². The van der Waals surface area contributed by atoms with Crippen LogP contribution >= 0.6 is 0 Å². The Hall–Kier alpha value is -2.83. The molecule has 0 unspecified atom stereocenters. The molecule has 1 heterocycles. The minimum absolute atomic E-state index is 0.0983. The number of benzene rings is 1. The summed E-state index contributed by atoms with van der Waals surface area (Å²) in [6, 6.07) is 5.07. The van der Waals surface area contributed by atoms with Crippen LogP contribution in [-0.4, -0.2) is 28.4 Å². The van der Waals surface area contributed by atoms with Gasteiger partial charge >= 0.3 is 5.97 Å². The van der Waals surface area contributed by atoms with Crippen molar-refractivity contribution in [2.75, 3.05) is 7.11 Å². The Morgan fingerprint density at radius 1 is 1.43 bits per heavy atom. The Morgan fingerprint density at radius 2 is 2.24 bits per heavy atom. The summed E-state index contributed by atoms with van der Waals surface area (Å²) < 4.78 is 15.9. The van der Waals surface area contributed by atoms with E-state index in [0.29, 0.717) is 28.8 Å². The van der Waals surface area contributed by atoms with Gasteiger partial charge in [0.25, 0.3) is 5.89 Å². The molecule has 7 nitrogen and oxygen atoms in total. The fourth-order valence-electron chi connectivity index (χ4n) is 1.61. The summed E-state index contributed by atoms with van der Waals surface area (Å²) in [5.74, 6) is 0.840. The molecule has 0 aliphatic rings. The summed E-state index contributed by atoms with van der Waals surface area (Å²) in [4.78, 5) is 10.6. The number of nitrogens with zero attached hydrogens (tertiary/aromatic N) is 2. The van der Waals surface area contributed by atoms with E-state index in [0.717, 1.165) is 6.08 Å². The molecule has 0 saturated heterocycles. The maximum absolute atomic E-state index is 10.6. The van der Waals surface area contributed by atoms with Gasteiger partial charge in [0.2, 0.25) is 5.89 Å². The smallest absolute Gasteiger partial charge is 0.328 e. The van der Waals surface area contributed by atoms with Crippen molar-refractivity contribution in [2.24, 2.45) is 0 Å². The first-order valence-electron chi connectivity index (χ1n) is 6.09. The highest BCUT2D eigenvalue weighted by atomic mass is 16.5. The predicted octanol–water partition coefficient (Wildman–Crippen LogP) is 2.06. The minimum Gasteiger partial charge on any atom is -0.497 e. The van der Waals surface area contributed by atoms with Crippen molar-refractivity contribution in [3.63, 3.8) is 0 Å². The molecule has 0 bridgehead atoms. The highest BCUT2D eigenvalue weighted by Crippen LogP contribution is 2.26. The fourth-order valence-corrected chi connectivity index (χ4v) is 1.61. The molecule has 0 atom stereocenters. The van der Waals surface area contributed by atoms with Crippen LogP contribution < -0.4 is 9.47 Å². The molecule has 7 heteroatoms. The third-order valence-corrected chi connectivity index (χ3v) is 2.54. The third-order valence-electron chi connectivity index (χ3n) is 2.54. The Morgan fingerprint density at radius 3 is 2.86 bits per heavy atom. The normalized spacial score (nSPS) is 10.8. The van der Waals surface area contributed by atoms with Crippen molar-refractivity contribution in [3.05, 3.63) is 41.6 Å². The zero-order chi connectivity index (χ0) is 15.2. The summed E-state index contributed by atoms with van der Waals surface area (Å²) in [5.41, 5.74) is 0.577. The van der Waals surface area contributed by atoms with E-state index in [2.05, 4.69) is 10.2 Å². The number of hydrogen-bond acceptors (Lipinski definition) is 6. The Bertz CT molecular complexity index is 663. The van der Waals surface area contributed by atoms with E-state index < -0.39 is 5.97 Å². The molecule has 0 aliphatic carbocycles. The van der Waals surface area contributed by atoms with E-state index in [4.69, 9.17) is 19.0 Å². The second kappa shape index (κ2) is 6.56. The van der Waals surface area contributed by atoms with E-state index >= 15 is 0 Å². The molecular formula is C14H14N2O5. The highest BCUT2D eigenvalue weighted by Gasteiger charge is 2.07. The van der Waals surface area contributed by atoms with Crippen LogP contribution in [0.15, 0.2) is 28.7 Å². The van der Waals surface area contributed by atoms with Gasteiger partial charge in [-0.1, -0.05) is 0 Å². The van der Waals surface area contributed by atoms with Crippen LogP contribution in [0.1, 0.15) is 17.3 Å². The van der Waals surface area contributed by atoms with Crippen LogP contribution in [-0.2, 0) is 11.4 Å². The van der Waals surface area contributed by atoms with Gasteiger partial charge in [-0.05, 0) is 24.3 Å². The first-order chi connectivity index (χ1) is 10.1. The number of aromatic nitrogens is 2. The summed E-state index contributed by atoms with van der Waals surface area (Å²) >= 11 is 0. The molecule has 2 rings (SSSR count). The number of carboxylic acid groups (broad SMARTS) is 1. The van der Waals surface area contributed by atoms with Gasteiger partial charge in [-0.2, -0.15) is 0 Å². The molecular weight excluding hydrogens is 276 g/mol. The second-order valence-electron chi connectivity index (χ2n) is 4.08. The topological polar surface area (TPSA) is 94.7 Å². The van der Waals surface area contributed by atoms with Gasteiger partial charge in [0.15, 0.2) is 6.61 Å². The van der Waals surface area contributed by atoms with Gasteiger partial charge < -0.3 is 19.0 Å². The van der Waals surface area contributed by atoms with Crippen molar-refractivity contribution in [3.8, 4) is 11.5 Å². The van der Waals surface area contributed by atoms with Gasteiger partial charge in [0.05, 0.1) is 7.11 Å². The maximum Gasteiger partial charge on any atom is 0.328 e. The lowest BCUT2D eigenvalue weighted by Gasteiger charge is -2.09. The number of aliphatic carboxylic acids is 1. The van der Waals surface area contributed by atoms with Gasteiger partial charge in [0, 0.05) is 18.6 Å². The average molecular weight is 290 g/mol. The molecule has 0 spiro atoms. The largest absolute Gasteiger partial charge is 0.497 e. The van der Waals surface area contributed by atoms with E-state index in [1.165, 1.54) is 13.2 Å². The van der Waals surface area contributed by atoms with Gasteiger partial charge in [-0.3, -0.25) is 0 Å². The second-order valence-corrected chi connectivity index (χ2v) is 4.08. The monoisotopic (exact) mass is 290 g/mol. The minimum atomic E-state index is -1.05. The Labute approximate surface area is 120 Å². The number of aryl methyl sites for hydroxylation is 1. The number of methoxy groups -OCH3 is 1. The van der Waals surface area contributed by atoms with Crippen molar-refractivity contribution in [2.45, 2.75) is 13.5 Å². The van der Waals surface area contributed by atoms with Crippen molar-refractivity contribution < 1.29 is 23.8 Å². The molecule has 110 valence electrons. The highest BCUT2D eigenvalue weighted by molar-refractivity contribution is 5.86. The zero-order valence-corrected chi connectivity index (χ0v) is 11.6. The Kier molecular flexibility index (Phi) is 4.55. The average Bonchev–Trinajstić information content (AvgIpc) is 2.88. The molecule has 1 N–H and O–H groups in total. The van der Waals surface area contributed by atoms with Crippen LogP contribution in [0.4, 0.5) is 0 Å². The summed E-state index contributed by atoms with van der Waals surface area (Å²) in [6.45, 7) is 1.78. The molecule has 0 radical (unpaired) electrons. The van der Waals surface area contributed by atoms with E-state index in [1.807, 2.05) is 0 Å². The third kappa shape index (κ3) is 4.07. The number of carbonyl (C=O) groups is 1. The maximum atomic E-state index is 10.6. The van der Waals surface area contributed by atoms with Crippen LogP contribution in [0.3, 0.4) is 0 Å². The summed E-state index contributed by atoms with van der Waals surface area (Å²) in [7, 11) is 1.53. The summed E-state index contributed by atoms with van der Waals surface area (Å²) in [6.07, 6.45) is 2.46. The van der Waals surface area contributed by atoms with E-state index in [1.54, 1.807) is 25.1 Å². The molecule has 21 heavy (non-hydrogen) atoms. The predicted molar refractivity (Wildman–Crippen MR) is 73.0 cm³/mol. The van der Waals surface area contributed by atoms with Crippen LogP contribution in [0.25, 0.3) is 6.08 Å². The molecule has 0 fully saturated rings. The lowest BCUT2D eigenvalue weighted by atomic mass is 10.1. The van der Waals surface area contributed by atoms with Crippen LogP contribution in [0.2, 0.25) is 0 Å².